The zero-order chi connectivity index (χ0) is 32.4. The van der Waals surface area contributed by atoms with Crippen LogP contribution >= 0.6 is 72.3 Å². The van der Waals surface area contributed by atoms with Gasteiger partial charge in [0.05, 0.1) is 32.0 Å². The van der Waals surface area contributed by atoms with E-state index in [-0.39, 0.29) is 45.1 Å². The summed E-state index contributed by atoms with van der Waals surface area (Å²) in [6.45, 7) is 0.522. The summed E-state index contributed by atoms with van der Waals surface area (Å²) in [5, 5.41) is 0. The summed E-state index contributed by atoms with van der Waals surface area (Å²) in [7, 11) is -4.15. The number of thiol groups is 2. The Morgan fingerprint density at radius 3 is 1.24 bits per heavy atom. The first-order valence-corrected chi connectivity index (χ1v) is 21.9. The molecule has 0 aromatic heterocycles. The Hall–Kier alpha value is -1.23. The molecular weight excluding hydrogens is 709 g/mol. The van der Waals surface area contributed by atoms with Crippen molar-refractivity contribution in [2.45, 2.75) is 22.6 Å². The van der Waals surface area contributed by atoms with Crippen molar-refractivity contribution < 1.29 is 27.6 Å². The van der Waals surface area contributed by atoms with Gasteiger partial charge in [-0.15, -0.1) is 0 Å². The number of carbonyl (C=O) groups excluding carboxylic acids is 4. The lowest BCUT2D eigenvalue weighted by Gasteiger charge is -2.13. The molecule has 2 aromatic carbocycles. The van der Waals surface area contributed by atoms with E-state index in [1.54, 1.807) is 23.5 Å². The lowest BCUT2D eigenvalue weighted by atomic mass is 10.1. The molecule has 4 rings (SSSR count). The summed E-state index contributed by atoms with van der Waals surface area (Å²) in [6, 6.07) is 7.83. The van der Waals surface area contributed by atoms with E-state index < -0.39 is 33.5 Å². The third-order valence-electron chi connectivity index (χ3n) is 7.06. The maximum Gasteiger partial charge on any atom is 0.261 e. The molecule has 0 radical (unpaired) electrons. The van der Waals surface area contributed by atoms with E-state index in [1.165, 1.54) is 46.2 Å². The molecule has 0 spiro atoms. The van der Waals surface area contributed by atoms with E-state index in [4.69, 9.17) is 0 Å². The molecule has 2 heterocycles. The van der Waals surface area contributed by atoms with Crippen LogP contribution in [0.25, 0.3) is 0 Å². The minimum Gasteiger partial charge on any atom is -0.274 e. The van der Waals surface area contributed by atoms with Gasteiger partial charge in [-0.3, -0.25) is 29.0 Å². The number of rotatable bonds is 20. The second kappa shape index (κ2) is 17.8. The van der Waals surface area contributed by atoms with Crippen molar-refractivity contribution in [1.29, 1.82) is 0 Å². The number of carbonyl (C=O) groups is 4. The molecule has 0 aliphatic carbocycles. The van der Waals surface area contributed by atoms with E-state index >= 15 is 0 Å². The van der Waals surface area contributed by atoms with Crippen LogP contribution in [0, 0.1) is 0 Å². The molecule has 8 nitrogen and oxygen atoms in total. The van der Waals surface area contributed by atoms with Gasteiger partial charge in [-0.1, -0.05) is 0 Å². The molecule has 0 bridgehead atoms. The van der Waals surface area contributed by atoms with Crippen molar-refractivity contribution in [1.82, 2.24) is 9.80 Å². The summed E-state index contributed by atoms with van der Waals surface area (Å²) in [4.78, 5) is 54.1. The van der Waals surface area contributed by atoms with Gasteiger partial charge in [-0.25, -0.2) is 8.42 Å². The second-order valence-corrected chi connectivity index (χ2v) is 17.8. The predicted molar refractivity (Wildman–Crippen MR) is 195 cm³/mol. The van der Waals surface area contributed by atoms with Crippen molar-refractivity contribution in [2.75, 3.05) is 70.6 Å². The molecule has 0 atom stereocenters. The van der Waals surface area contributed by atoms with Crippen molar-refractivity contribution in [3.05, 3.63) is 58.7 Å². The standard InChI is InChI=1S/C30H36N2O6S7/c33-27-23-5-3-21(19-25(23)29(35)31(27)7-1-11-41-15-17-43-13-9-39)45(37,38)22-4-6-24-26(20-22)30(36)32(28(24)34)8-2-12-42-16-18-44-14-10-40/h3-6,19-20,39-40H,1-2,7-18H2. The first-order chi connectivity index (χ1) is 21.7. The van der Waals surface area contributed by atoms with Crippen molar-refractivity contribution in [3.63, 3.8) is 0 Å². The number of imide groups is 2. The Bertz CT molecular complexity index is 1410. The average molecular weight is 745 g/mol. The van der Waals surface area contributed by atoms with Crippen LogP contribution < -0.4 is 0 Å². The molecule has 2 aromatic rings. The molecule has 2 aliphatic heterocycles. The highest BCUT2D eigenvalue weighted by Crippen LogP contribution is 2.32. The summed E-state index contributed by atoms with van der Waals surface area (Å²) < 4.78 is 27.2. The maximum absolute atomic E-state index is 13.6. The van der Waals surface area contributed by atoms with E-state index in [2.05, 4.69) is 25.3 Å². The molecule has 0 unspecified atom stereocenters. The highest BCUT2D eigenvalue weighted by molar-refractivity contribution is 8.03. The Morgan fingerprint density at radius 1 is 0.511 bits per heavy atom. The molecular formula is C30H36N2O6S7. The zero-order valence-electron chi connectivity index (χ0n) is 24.6. The van der Waals surface area contributed by atoms with Crippen LogP contribution in [0.15, 0.2) is 46.2 Å². The van der Waals surface area contributed by atoms with Crippen LogP contribution in [0.1, 0.15) is 54.3 Å². The van der Waals surface area contributed by atoms with Crippen LogP contribution in [0.3, 0.4) is 0 Å². The normalized spacial score (nSPS) is 14.5. The van der Waals surface area contributed by atoms with Gasteiger partial charge in [0, 0.05) is 47.6 Å². The van der Waals surface area contributed by atoms with Crippen LogP contribution in [-0.2, 0) is 9.84 Å². The van der Waals surface area contributed by atoms with E-state index in [1.807, 2.05) is 23.5 Å². The van der Waals surface area contributed by atoms with Crippen LogP contribution in [0.2, 0.25) is 0 Å². The van der Waals surface area contributed by atoms with Crippen molar-refractivity contribution in [2.24, 2.45) is 0 Å². The Morgan fingerprint density at radius 2 is 0.867 bits per heavy atom. The average Bonchev–Trinajstić information content (AvgIpc) is 3.42. The fourth-order valence-electron chi connectivity index (χ4n) is 4.84. The smallest absolute Gasteiger partial charge is 0.261 e. The third-order valence-corrected chi connectivity index (χ3v) is 14.5. The highest BCUT2D eigenvalue weighted by atomic mass is 32.2. The van der Waals surface area contributed by atoms with Crippen molar-refractivity contribution >= 4 is 106 Å². The molecule has 0 fully saturated rings. The Labute approximate surface area is 293 Å². The van der Waals surface area contributed by atoms with Gasteiger partial charge in [0.2, 0.25) is 9.84 Å². The monoisotopic (exact) mass is 744 g/mol. The number of fused-ring (bicyclic) bond motifs is 2. The van der Waals surface area contributed by atoms with Gasteiger partial charge in [-0.05, 0) is 72.3 Å². The minimum atomic E-state index is -4.15. The fourth-order valence-corrected chi connectivity index (χ4v) is 10.6. The number of amides is 4. The topological polar surface area (TPSA) is 109 Å². The summed E-state index contributed by atoms with van der Waals surface area (Å²) >= 11 is 15.6. The first kappa shape index (κ1) is 36.6. The van der Waals surface area contributed by atoms with Gasteiger partial charge in [-0.2, -0.15) is 72.3 Å². The Kier molecular flexibility index (Phi) is 14.5. The molecule has 45 heavy (non-hydrogen) atoms. The van der Waals surface area contributed by atoms with E-state index in [0.717, 1.165) is 57.5 Å². The largest absolute Gasteiger partial charge is 0.274 e. The first-order valence-electron chi connectivity index (χ1n) is 14.5. The van der Waals surface area contributed by atoms with E-state index in [9.17, 15) is 27.6 Å². The summed E-state index contributed by atoms with van der Waals surface area (Å²) in [5.74, 6) is 7.47. The third kappa shape index (κ3) is 9.02. The quantitative estimate of drug-likeness (QED) is 0.106. The lowest BCUT2D eigenvalue weighted by Crippen LogP contribution is -2.31. The molecule has 244 valence electrons. The lowest BCUT2D eigenvalue weighted by molar-refractivity contribution is 0.0639. The molecule has 0 saturated carbocycles. The van der Waals surface area contributed by atoms with Crippen LogP contribution in [-0.4, -0.2) is 112 Å². The number of hydrogen-bond acceptors (Lipinski definition) is 12. The van der Waals surface area contributed by atoms with Gasteiger partial charge < -0.3 is 0 Å². The SMILES string of the molecule is O=C1c2ccc(S(=O)(=O)c3ccc4c(c3)C(=O)N(CCCSCCSCCS)C4=O)cc2C(=O)N1CCCSCCSCCS. The predicted octanol–water partition coefficient (Wildman–Crippen LogP) is 5.28. The van der Waals surface area contributed by atoms with Gasteiger partial charge in [0.15, 0.2) is 0 Å². The number of benzene rings is 2. The fraction of sp³-hybridized carbons (Fsp3) is 0.467. The number of sulfone groups is 1. The molecule has 0 N–H and O–H groups in total. The Balaban J connectivity index is 1.37. The van der Waals surface area contributed by atoms with Gasteiger partial charge in [0.25, 0.3) is 23.6 Å². The number of hydrogen-bond donors (Lipinski definition) is 2. The molecule has 15 heteroatoms. The summed E-state index contributed by atoms with van der Waals surface area (Å²) in [6.07, 6.45) is 1.29. The molecule has 2 aliphatic rings. The number of nitrogens with zero attached hydrogens (tertiary/aromatic N) is 2. The highest BCUT2D eigenvalue weighted by Gasteiger charge is 2.38. The molecule has 4 amide bonds. The van der Waals surface area contributed by atoms with Crippen LogP contribution in [0.4, 0.5) is 0 Å². The number of thioether (sulfide) groups is 4. The zero-order valence-corrected chi connectivity index (χ0v) is 30.5. The van der Waals surface area contributed by atoms with Crippen LogP contribution in [0.5, 0.6) is 0 Å². The second-order valence-electron chi connectivity index (χ2n) is 10.0. The van der Waals surface area contributed by atoms with Gasteiger partial charge >= 0.3 is 0 Å². The maximum atomic E-state index is 13.6. The van der Waals surface area contributed by atoms with Crippen molar-refractivity contribution in [3.8, 4) is 0 Å². The van der Waals surface area contributed by atoms with E-state index in [0.29, 0.717) is 12.8 Å². The van der Waals surface area contributed by atoms with Gasteiger partial charge in [0.1, 0.15) is 0 Å². The summed E-state index contributed by atoms with van der Waals surface area (Å²) in [5.41, 5.74) is 0.451. The molecule has 0 saturated heterocycles. The minimum absolute atomic E-state index is 0.0497.